The van der Waals surface area contributed by atoms with Gasteiger partial charge in [-0.25, -0.2) is 4.79 Å². The van der Waals surface area contributed by atoms with Crippen molar-refractivity contribution in [3.05, 3.63) is 50.7 Å². The van der Waals surface area contributed by atoms with Gasteiger partial charge in [0.25, 0.3) is 0 Å². The van der Waals surface area contributed by atoms with E-state index in [1.54, 1.807) is 29.5 Å². The summed E-state index contributed by atoms with van der Waals surface area (Å²) >= 11 is 7.88. The summed E-state index contributed by atoms with van der Waals surface area (Å²) in [6, 6.07) is 7.28. The average molecular weight is 310 g/mol. The van der Waals surface area contributed by atoms with Crippen LogP contribution in [0.25, 0.3) is 0 Å². The molecule has 2 rings (SSSR count). The third-order valence-corrected chi connectivity index (χ3v) is 4.59. The quantitative estimate of drug-likeness (QED) is 0.834. The van der Waals surface area contributed by atoms with Crippen LogP contribution in [0.1, 0.15) is 33.8 Å². The fourth-order valence-electron chi connectivity index (χ4n) is 2.01. The van der Waals surface area contributed by atoms with Crippen molar-refractivity contribution in [3.8, 4) is 0 Å². The number of hydrogen-bond donors (Lipinski definition) is 1. The van der Waals surface area contributed by atoms with E-state index in [0.717, 1.165) is 5.69 Å². The number of carbonyl (C=O) groups is 1. The van der Waals surface area contributed by atoms with Gasteiger partial charge in [0.1, 0.15) is 0 Å². The third-order valence-electron chi connectivity index (χ3n) is 3.05. The average Bonchev–Trinajstić information content (AvgIpc) is 2.86. The molecule has 0 saturated carbocycles. The van der Waals surface area contributed by atoms with Crippen LogP contribution in [0.4, 0.5) is 5.69 Å². The van der Waals surface area contributed by atoms with Crippen molar-refractivity contribution >= 4 is 34.6 Å². The lowest BCUT2D eigenvalue weighted by atomic mass is 10.1. The van der Waals surface area contributed by atoms with Gasteiger partial charge in [0.05, 0.1) is 29.4 Å². The third kappa shape index (κ3) is 3.14. The van der Waals surface area contributed by atoms with E-state index in [9.17, 15) is 4.79 Å². The lowest BCUT2D eigenvalue weighted by Gasteiger charge is -2.16. The Hall–Kier alpha value is -1.52. The number of anilines is 1. The Kier molecular flexibility index (Phi) is 4.68. The predicted molar refractivity (Wildman–Crippen MR) is 83.9 cm³/mol. The number of halogens is 1. The van der Waals surface area contributed by atoms with E-state index in [-0.39, 0.29) is 12.0 Å². The van der Waals surface area contributed by atoms with Crippen molar-refractivity contribution in [3.63, 3.8) is 0 Å². The van der Waals surface area contributed by atoms with E-state index in [1.165, 1.54) is 17.6 Å². The molecule has 0 fully saturated rings. The number of esters is 1. The maximum Gasteiger partial charge on any atom is 0.337 e. The highest BCUT2D eigenvalue weighted by Gasteiger charge is 2.13. The molecule has 1 atom stereocenters. The lowest BCUT2D eigenvalue weighted by Crippen LogP contribution is -2.08. The van der Waals surface area contributed by atoms with Gasteiger partial charge in [-0.05, 0) is 49.1 Å². The second-order valence-corrected chi connectivity index (χ2v) is 5.87. The summed E-state index contributed by atoms with van der Waals surface area (Å²) in [4.78, 5) is 12.8. The van der Waals surface area contributed by atoms with Crippen molar-refractivity contribution < 1.29 is 9.53 Å². The first-order valence-electron chi connectivity index (χ1n) is 6.21. The standard InChI is InChI=1S/C15H16ClNO2S/c1-9-6-7-20-14(9)10(2)17-13-8-11(15(18)19-3)4-5-12(13)16/h4-8,10,17H,1-3H3. The van der Waals surface area contributed by atoms with Crippen LogP contribution >= 0.6 is 22.9 Å². The zero-order chi connectivity index (χ0) is 14.7. The minimum absolute atomic E-state index is 0.125. The van der Waals surface area contributed by atoms with Crippen molar-refractivity contribution in [1.29, 1.82) is 0 Å². The minimum atomic E-state index is -0.371. The summed E-state index contributed by atoms with van der Waals surface area (Å²) in [5, 5.41) is 5.99. The van der Waals surface area contributed by atoms with E-state index < -0.39 is 0 Å². The fraction of sp³-hybridized carbons (Fsp3) is 0.267. The molecule has 0 aliphatic carbocycles. The molecule has 0 saturated heterocycles. The molecule has 1 N–H and O–H groups in total. The summed E-state index contributed by atoms with van der Waals surface area (Å²) in [6.45, 7) is 4.15. The summed E-state index contributed by atoms with van der Waals surface area (Å²) in [6.07, 6.45) is 0. The van der Waals surface area contributed by atoms with Crippen molar-refractivity contribution in [2.24, 2.45) is 0 Å². The predicted octanol–water partition coefficient (Wildman–Crippen LogP) is 4.67. The van der Waals surface area contributed by atoms with Crippen molar-refractivity contribution in [2.75, 3.05) is 12.4 Å². The van der Waals surface area contributed by atoms with Crippen LogP contribution in [0.3, 0.4) is 0 Å². The van der Waals surface area contributed by atoms with Gasteiger partial charge in [0, 0.05) is 4.88 Å². The van der Waals surface area contributed by atoms with Gasteiger partial charge in [-0.2, -0.15) is 0 Å². The van der Waals surface area contributed by atoms with Crippen molar-refractivity contribution in [1.82, 2.24) is 0 Å². The fourth-order valence-corrected chi connectivity index (χ4v) is 3.12. The molecule has 0 spiro atoms. The number of carbonyl (C=O) groups excluding carboxylic acids is 1. The number of rotatable bonds is 4. The van der Waals surface area contributed by atoms with E-state index in [1.807, 2.05) is 0 Å². The summed E-state index contributed by atoms with van der Waals surface area (Å²) < 4.78 is 4.72. The normalized spacial score (nSPS) is 12.0. The van der Waals surface area contributed by atoms with E-state index >= 15 is 0 Å². The Balaban J connectivity index is 2.24. The number of thiophene rings is 1. The largest absolute Gasteiger partial charge is 0.465 e. The summed E-state index contributed by atoms with van der Waals surface area (Å²) in [5.74, 6) is -0.371. The molecule has 1 aromatic heterocycles. The first-order chi connectivity index (χ1) is 9.52. The van der Waals surface area contributed by atoms with Gasteiger partial charge in [-0.3, -0.25) is 0 Å². The van der Waals surface area contributed by atoms with Gasteiger partial charge in [-0.15, -0.1) is 11.3 Å². The summed E-state index contributed by atoms with van der Waals surface area (Å²) in [5.41, 5.74) is 2.46. The highest BCUT2D eigenvalue weighted by molar-refractivity contribution is 7.10. The van der Waals surface area contributed by atoms with Gasteiger partial charge in [0.2, 0.25) is 0 Å². The SMILES string of the molecule is COC(=O)c1ccc(Cl)c(NC(C)c2sccc2C)c1. The number of nitrogens with one attached hydrogen (secondary N) is 1. The monoisotopic (exact) mass is 309 g/mol. The molecule has 1 heterocycles. The molecule has 5 heteroatoms. The van der Waals surface area contributed by atoms with Gasteiger partial charge < -0.3 is 10.1 Å². The Morgan fingerprint density at radius 2 is 2.15 bits per heavy atom. The smallest absolute Gasteiger partial charge is 0.337 e. The van der Waals surface area contributed by atoms with Crippen LogP contribution < -0.4 is 5.32 Å². The lowest BCUT2D eigenvalue weighted by molar-refractivity contribution is 0.0601. The molecule has 1 aromatic carbocycles. The molecule has 0 aliphatic rings. The maximum atomic E-state index is 11.6. The Labute approximate surface area is 127 Å². The molecule has 106 valence electrons. The van der Waals surface area contributed by atoms with E-state index in [2.05, 4.69) is 30.6 Å². The second kappa shape index (κ2) is 6.29. The maximum absolute atomic E-state index is 11.6. The van der Waals surface area contributed by atoms with Crippen LogP contribution in [-0.2, 0) is 4.74 Å². The molecule has 2 aromatic rings. The topological polar surface area (TPSA) is 38.3 Å². The molecule has 0 radical (unpaired) electrons. The number of benzene rings is 1. The molecule has 1 unspecified atom stereocenters. The van der Waals surface area contributed by atoms with Gasteiger partial charge in [-0.1, -0.05) is 11.6 Å². The molecule has 0 amide bonds. The molecular formula is C15H16ClNO2S. The second-order valence-electron chi connectivity index (χ2n) is 4.52. The molecule has 20 heavy (non-hydrogen) atoms. The zero-order valence-corrected chi connectivity index (χ0v) is 13.1. The Morgan fingerprint density at radius 1 is 1.40 bits per heavy atom. The van der Waals surface area contributed by atoms with Crippen LogP contribution in [0.15, 0.2) is 29.6 Å². The number of aryl methyl sites for hydroxylation is 1. The van der Waals surface area contributed by atoms with Crippen LogP contribution in [0.5, 0.6) is 0 Å². The summed E-state index contributed by atoms with van der Waals surface area (Å²) in [7, 11) is 1.36. The van der Waals surface area contributed by atoms with Crippen LogP contribution in [0, 0.1) is 6.92 Å². The van der Waals surface area contributed by atoms with E-state index in [0.29, 0.717) is 10.6 Å². The van der Waals surface area contributed by atoms with Crippen LogP contribution in [0.2, 0.25) is 5.02 Å². The molecule has 0 aliphatic heterocycles. The Bertz CT molecular complexity index is 624. The molecule has 3 nitrogen and oxygen atoms in total. The Morgan fingerprint density at radius 3 is 2.75 bits per heavy atom. The number of hydrogen-bond acceptors (Lipinski definition) is 4. The molecule has 0 bridgehead atoms. The van der Waals surface area contributed by atoms with Gasteiger partial charge in [0.15, 0.2) is 0 Å². The first kappa shape index (κ1) is 14.9. The highest BCUT2D eigenvalue weighted by atomic mass is 35.5. The highest BCUT2D eigenvalue weighted by Crippen LogP contribution is 2.30. The van der Waals surface area contributed by atoms with Gasteiger partial charge >= 0.3 is 5.97 Å². The zero-order valence-electron chi connectivity index (χ0n) is 11.6. The van der Waals surface area contributed by atoms with E-state index in [4.69, 9.17) is 16.3 Å². The number of ether oxygens (including phenoxy) is 1. The minimum Gasteiger partial charge on any atom is -0.465 e. The van der Waals surface area contributed by atoms with Crippen molar-refractivity contribution in [2.45, 2.75) is 19.9 Å². The molecular weight excluding hydrogens is 294 g/mol. The number of methoxy groups -OCH3 is 1. The first-order valence-corrected chi connectivity index (χ1v) is 7.47. The van der Waals surface area contributed by atoms with Crippen LogP contribution in [-0.4, -0.2) is 13.1 Å².